The molecule has 2 aromatic rings. The van der Waals surface area contributed by atoms with Crippen LogP contribution < -0.4 is 9.80 Å². The summed E-state index contributed by atoms with van der Waals surface area (Å²) in [6, 6.07) is 6.60. The third kappa shape index (κ3) is 4.18. The summed E-state index contributed by atoms with van der Waals surface area (Å²) in [5.41, 5.74) is 0.918. The van der Waals surface area contributed by atoms with E-state index < -0.39 is 4.92 Å². The first-order valence-electron chi connectivity index (χ1n) is 10.1. The molecule has 10 nitrogen and oxygen atoms in total. The SMILES string of the molecule is CN1CCN(c2ccc(C(=O)N3CCN(c4ncccn4)CC3)cc2[N+](=O)[O-])CC1. The predicted molar refractivity (Wildman–Crippen MR) is 113 cm³/mol. The molecule has 10 heteroatoms. The molecule has 0 bridgehead atoms. The van der Waals surface area contributed by atoms with Gasteiger partial charge in [0.1, 0.15) is 5.69 Å². The number of amides is 1. The van der Waals surface area contributed by atoms with E-state index >= 15 is 0 Å². The van der Waals surface area contributed by atoms with Gasteiger partial charge in [-0.25, -0.2) is 9.97 Å². The van der Waals surface area contributed by atoms with Crippen molar-refractivity contribution in [3.05, 3.63) is 52.3 Å². The normalized spacial score (nSPS) is 17.8. The molecule has 0 spiro atoms. The average Bonchev–Trinajstić information content (AvgIpc) is 2.79. The number of carbonyl (C=O) groups excluding carboxylic acids is 1. The summed E-state index contributed by atoms with van der Waals surface area (Å²) in [5.74, 6) is 0.466. The average molecular weight is 411 g/mol. The van der Waals surface area contributed by atoms with Gasteiger partial charge in [0.15, 0.2) is 0 Å². The minimum absolute atomic E-state index is 0.0123. The predicted octanol–water partition coefficient (Wildman–Crippen LogP) is 1.10. The van der Waals surface area contributed by atoms with Gasteiger partial charge in [0, 0.05) is 76.4 Å². The molecular weight excluding hydrogens is 386 g/mol. The molecule has 2 saturated heterocycles. The van der Waals surface area contributed by atoms with Crippen LogP contribution in [0.3, 0.4) is 0 Å². The summed E-state index contributed by atoms with van der Waals surface area (Å²) in [6.07, 6.45) is 3.39. The van der Waals surface area contributed by atoms with Crippen LogP contribution >= 0.6 is 0 Å². The van der Waals surface area contributed by atoms with Crippen molar-refractivity contribution >= 4 is 23.2 Å². The van der Waals surface area contributed by atoms with Crippen LogP contribution in [0.4, 0.5) is 17.3 Å². The number of aromatic nitrogens is 2. The molecule has 0 aliphatic carbocycles. The number of piperazine rings is 2. The van der Waals surface area contributed by atoms with Crippen LogP contribution in [0.1, 0.15) is 10.4 Å². The van der Waals surface area contributed by atoms with Gasteiger partial charge in [-0.3, -0.25) is 14.9 Å². The standard InChI is InChI=1S/C20H25N7O3/c1-23-7-9-24(10-8-23)17-4-3-16(15-18(17)27(29)30)19(28)25-11-13-26(14-12-25)20-21-5-2-6-22-20/h2-6,15H,7-14H2,1H3. The van der Waals surface area contributed by atoms with Crippen LogP contribution in [-0.4, -0.2) is 90.0 Å². The summed E-state index contributed by atoms with van der Waals surface area (Å²) in [6.45, 7) is 5.45. The van der Waals surface area contributed by atoms with Crippen LogP contribution in [-0.2, 0) is 0 Å². The molecule has 2 aliphatic rings. The highest BCUT2D eigenvalue weighted by atomic mass is 16.6. The first kappa shape index (κ1) is 20.0. The van der Waals surface area contributed by atoms with Gasteiger partial charge in [0.2, 0.25) is 5.95 Å². The van der Waals surface area contributed by atoms with E-state index in [0.717, 1.165) is 26.2 Å². The fourth-order valence-corrected chi connectivity index (χ4v) is 3.86. The number of likely N-dealkylation sites (N-methyl/N-ethyl adjacent to an activating group) is 1. The number of hydrogen-bond acceptors (Lipinski definition) is 8. The molecule has 2 aliphatic heterocycles. The van der Waals surface area contributed by atoms with Crippen molar-refractivity contribution in [1.29, 1.82) is 0 Å². The molecule has 1 amide bonds. The summed E-state index contributed by atoms with van der Waals surface area (Å²) >= 11 is 0. The summed E-state index contributed by atoms with van der Waals surface area (Å²) < 4.78 is 0. The maximum Gasteiger partial charge on any atom is 0.293 e. The van der Waals surface area contributed by atoms with Crippen LogP contribution in [0.15, 0.2) is 36.7 Å². The molecular formula is C20H25N7O3. The molecule has 1 aromatic heterocycles. The number of rotatable bonds is 4. The first-order chi connectivity index (χ1) is 14.5. The van der Waals surface area contributed by atoms with Crippen molar-refractivity contribution in [2.75, 3.05) is 69.2 Å². The van der Waals surface area contributed by atoms with Crippen molar-refractivity contribution in [1.82, 2.24) is 19.8 Å². The van der Waals surface area contributed by atoms with E-state index in [-0.39, 0.29) is 11.6 Å². The molecule has 0 saturated carbocycles. The molecule has 158 valence electrons. The molecule has 3 heterocycles. The Labute approximate surface area is 174 Å². The molecule has 0 radical (unpaired) electrons. The third-order valence-corrected chi connectivity index (χ3v) is 5.66. The van der Waals surface area contributed by atoms with Crippen LogP contribution in [0.25, 0.3) is 0 Å². The highest BCUT2D eigenvalue weighted by molar-refractivity contribution is 5.96. The van der Waals surface area contributed by atoms with E-state index in [1.807, 2.05) is 16.8 Å². The Morgan fingerprint density at radius 2 is 1.60 bits per heavy atom. The topological polar surface area (TPSA) is 99.0 Å². The molecule has 30 heavy (non-hydrogen) atoms. The van der Waals surface area contributed by atoms with E-state index in [1.54, 1.807) is 35.5 Å². The van der Waals surface area contributed by atoms with E-state index in [1.165, 1.54) is 6.07 Å². The van der Waals surface area contributed by atoms with Crippen LogP contribution in [0.2, 0.25) is 0 Å². The number of carbonyl (C=O) groups is 1. The summed E-state index contributed by atoms with van der Waals surface area (Å²) in [4.78, 5) is 40.8. The fourth-order valence-electron chi connectivity index (χ4n) is 3.86. The molecule has 4 rings (SSSR count). The van der Waals surface area contributed by atoms with Gasteiger partial charge in [-0.05, 0) is 25.2 Å². The Kier molecular flexibility index (Phi) is 5.75. The first-order valence-corrected chi connectivity index (χ1v) is 10.1. The lowest BCUT2D eigenvalue weighted by atomic mass is 10.1. The third-order valence-electron chi connectivity index (χ3n) is 5.66. The Hall–Kier alpha value is -3.27. The monoisotopic (exact) mass is 411 g/mol. The van der Waals surface area contributed by atoms with Crippen molar-refractivity contribution in [2.24, 2.45) is 0 Å². The quantitative estimate of drug-likeness (QED) is 0.545. The lowest BCUT2D eigenvalue weighted by molar-refractivity contribution is -0.384. The molecule has 0 N–H and O–H groups in total. The number of nitrogens with zero attached hydrogens (tertiary/aromatic N) is 7. The van der Waals surface area contributed by atoms with Crippen LogP contribution in [0, 0.1) is 10.1 Å². The highest BCUT2D eigenvalue weighted by Gasteiger charge is 2.27. The number of anilines is 2. The Bertz CT molecular complexity index is 908. The van der Waals surface area contributed by atoms with Gasteiger partial charge in [-0.1, -0.05) is 0 Å². The lowest BCUT2D eigenvalue weighted by Crippen LogP contribution is -2.49. The van der Waals surface area contributed by atoms with Gasteiger partial charge in [-0.2, -0.15) is 0 Å². The largest absolute Gasteiger partial charge is 0.363 e. The maximum atomic E-state index is 13.0. The van der Waals surface area contributed by atoms with E-state index in [9.17, 15) is 14.9 Å². The Morgan fingerprint density at radius 1 is 0.967 bits per heavy atom. The van der Waals surface area contributed by atoms with Gasteiger partial charge in [0.25, 0.3) is 11.6 Å². The van der Waals surface area contributed by atoms with Crippen molar-refractivity contribution in [3.8, 4) is 0 Å². The second-order valence-electron chi connectivity index (χ2n) is 7.58. The van der Waals surface area contributed by atoms with Crippen molar-refractivity contribution in [3.63, 3.8) is 0 Å². The Balaban J connectivity index is 1.46. The second kappa shape index (κ2) is 8.62. The zero-order chi connectivity index (χ0) is 21.1. The number of nitro groups is 1. The van der Waals surface area contributed by atoms with Gasteiger partial charge >= 0.3 is 0 Å². The van der Waals surface area contributed by atoms with E-state index in [0.29, 0.717) is 43.4 Å². The molecule has 0 atom stereocenters. The lowest BCUT2D eigenvalue weighted by Gasteiger charge is -2.35. The molecule has 0 unspecified atom stereocenters. The van der Waals surface area contributed by atoms with Crippen molar-refractivity contribution in [2.45, 2.75) is 0 Å². The zero-order valence-corrected chi connectivity index (χ0v) is 17.0. The number of benzene rings is 1. The van der Waals surface area contributed by atoms with E-state index in [4.69, 9.17) is 0 Å². The Morgan fingerprint density at radius 3 is 2.23 bits per heavy atom. The zero-order valence-electron chi connectivity index (χ0n) is 17.0. The smallest absolute Gasteiger partial charge is 0.293 e. The molecule has 1 aromatic carbocycles. The highest BCUT2D eigenvalue weighted by Crippen LogP contribution is 2.30. The van der Waals surface area contributed by atoms with Gasteiger partial charge in [0.05, 0.1) is 4.92 Å². The van der Waals surface area contributed by atoms with Gasteiger partial charge in [-0.15, -0.1) is 0 Å². The minimum Gasteiger partial charge on any atom is -0.363 e. The van der Waals surface area contributed by atoms with Crippen molar-refractivity contribution < 1.29 is 9.72 Å². The summed E-state index contributed by atoms with van der Waals surface area (Å²) in [7, 11) is 2.04. The fraction of sp³-hybridized carbons (Fsp3) is 0.450. The van der Waals surface area contributed by atoms with Gasteiger partial charge < -0.3 is 19.6 Å². The maximum absolute atomic E-state index is 13.0. The van der Waals surface area contributed by atoms with Crippen LogP contribution in [0.5, 0.6) is 0 Å². The summed E-state index contributed by atoms with van der Waals surface area (Å²) in [5, 5.41) is 11.7. The minimum atomic E-state index is -0.394. The number of nitro benzene ring substituents is 1. The van der Waals surface area contributed by atoms with E-state index in [2.05, 4.69) is 14.9 Å². The molecule has 2 fully saturated rings. The second-order valence-corrected chi connectivity index (χ2v) is 7.58. The number of hydrogen-bond donors (Lipinski definition) is 0.